The predicted octanol–water partition coefficient (Wildman–Crippen LogP) is 2.29. The van der Waals surface area contributed by atoms with E-state index in [0.717, 1.165) is 5.56 Å². The van der Waals surface area contributed by atoms with E-state index >= 15 is 0 Å². The average Bonchev–Trinajstić information content (AvgIpc) is 2.34. The Morgan fingerprint density at radius 2 is 1.71 bits per heavy atom. The van der Waals surface area contributed by atoms with Crippen molar-refractivity contribution in [3.05, 3.63) is 35.9 Å². The molecule has 0 saturated heterocycles. The predicted molar refractivity (Wildman–Crippen MR) is 67.7 cm³/mol. The van der Waals surface area contributed by atoms with Gasteiger partial charge in [0, 0.05) is 0 Å². The third-order valence-electron chi connectivity index (χ3n) is 2.58. The van der Waals surface area contributed by atoms with Crippen LogP contribution >= 0.6 is 0 Å². The second kappa shape index (κ2) is 7.43. The third-order valence-corrected chi connectivity index (χ3v) is 2.58. The third kappa shape index (κ3) is 5.82. The van der Waals surface area contributed by atoms with Gasteiger partial charge in [0.15, 0.2) is 0 Å². The van der Waals surface area contributed by atoms with E-state index in [4.69, 9.17) is 4.74 Å². The topological polar surface area (TPSA) is 49.7 Å². The first-order valence-electron chi connectivity index (χ1n) is 6.12. The van der Waals surface area contributed by atoms with Crippen molar-refractivity contribution in [2.75, 3.05) is 6.61 Å². The zero-order chi connectivity index (χ0) is 12.7. The average molecular weight is 238 g/mol. The lowest BCUT2D eigenvalue weighted by molar-refractivity contribution is -0.00302. The number of hydrogen-bond donors (Lipinski definition) is 2. The van der Waals surface area contributed by atoms with Crippen LogP contribution in [-0.2, 0) is 4.74 Å². The van der Waals surface area contributed by atoms with Gasteiger partial charge in [-0.1, -0.05) is 30.3 Å². The van der Waals surface area contributed by atoms with Crippen molar-refractivity contribution in [2.45, 2.75) is 45.0 Å². The molecule has 2 atom stereocenters. The minimum atomic E-state index is -0.509. The maximum Gasteiger partial charge on any atom is 0.0791 e. The number of ether oxygens (including phenoxy) is 1. The number of hydrogen-bond acceptors (Lipinski definition) is 3. The molecular weight excluding hydrogens is 216 g/mol. The molecule has 0 aromatic heterocycles. The summed E-state index contributed by atoms with van der Waals surface area (Å²) in [5.41, 5.74) is 0.893. The Hall–Kier alpha value is -0.900. The van der Waals surface area contributed by atoms with Crippen LogP contribution in [0, 0.1) is 0 Å². The van der Waals surface area contributed by atoms with Crippen LogP contribution in [0.5, 0.6) is 0 Å². The van der Waals surface area contributed by atoms with E-state index in [1.807, 2.05) is 44.2 Å². The highest BCUT2D eigenvalue weighted by Gasteiger charge is 2.11. The molecule has 17 heavy (non-hydrogen) atoms. The SMILES string of the molecule is CC(C)OCC(O)CCC(O)c1ccccc1. The summed E-state index contributed by atoms with van der Waals surface area (Å²) >= 11 is 0. The van der Waals surface area contributed by atoms with E-state index in [1.165, 1.54) is 0 Å². The monoisotopic (exact) mass is 238 g/mol. The molecule has 0 fully saturated rings. The largest absolute Gasteiger partial charge is 0.391 e. The Morgan fingerprint density at radius 1 is 1.06 bits per heavy atom. The standard InChI is InChI=1S/C14H22O3/c1-11(2)17-10-13(15)8-9-14(16)12-6-4-3-5-7-12/h3-7,11,13-16H,8-10H2,1-2H3. The molecule has 0 amide bonds. The molecule has 1 rings (SSSR count). The quantitative estimate of drug-likeness (QED) is 0.766. The van der Waals surface area contributed by atoms with Gasteiger partial charge in [0.1, 0.15) is 0 Å². The highest BCUT2D eigenvalue weighted by Crippen LogP contribution is 2.18. The van der Waals surface area contributed by atoms with Crippen molar-refractivity contribution in [2.24, 2.45) is 0 Å². The molecule has 0 radical (unpaired) electrons. The zero-order valence-corrected chi connectivity index (χ0v) is 10.5. The normalized spacial score (nSPS) is 14.9. The molecule has 0 bridgehead atoms. The number of aliphatic hydroxyl groups is 2. The van der Waals surface area contributed by atoms with Crippen LogP contribution in [0.2, 0.25) is 0 Å². The molecule has 2 unspecified atom stereocenters. The van der Waals surface area contributed by atoms with Gasteiger partial charge in [-0.3, -0.25) is 0 Å². The lowest BCUT2D eigenvalue weighted by Gasteiger charge is -2.16. The molecule has 0 spiro atoms. The van der Waals surface area contributed by atoms with Gasteiger partial charge in [-0.2, -0.15) is 0 Å². The van der Waals surface area contributed by atoms with Crippen molar-refractivity contribution >= 4 is 0 Å². The highest BCUT2D eigenvalue weighted by atomic mass is 16.5. The first kappa shape index (κ1) is 14.2. The molecule has 3 nitrogen and oxygen atoms in total. The molecule has 1 aromatic rings. The zero-order valence-electron chi connectivity index (χ0n) is 10.5. The molecule has 0 aliphatic carbocycles. The van der Waals surface area contributed by atoms with Crippen LogP contribution in [-0.4, -0.2) is 29.0 Å². The van der Waals surface area contributed by atoms with Crippen LogP contribution in [0.25, 0.3) is 0 Å². The minimum absolute atomic E-state index is 0.128. The molecule has 0 aliphatic heterocycles. The summed E-state index contributed by atoms with van der Waals surface area (Å²) in [7, 11) is 0. The summed E-state index contributed by atoms with van der Waals surface area (Å²) < 4.78 is 5.31. The number of aliphatic hydroxyl groups excluding tert-OH is 2. The van der Waals surface area contributed by atoms with E-state index in [1.54, 1.807) is 0 Å². The van der Waals surface area contributed by atoms with E-state index < -0.39 is 12.2 Å². The smallest absolute Gasteiger partial charge is 0.0791 e. The molecule has 1 aromatic carbocycles. The maximum atomic E-state index is 9.89. The first-order chi connectivity index (χ1) is 8.09. The van der Waals surface area contributed by atoms with Gasteiger partial charge in [0.25, 0.3) is 0 Å². The lowest BCUT2D eigenvalue weighted by atomic mass is 10.0. The summed E-state index contributed by atoms with van der Waals surface area (Å²) in [4.78, 5) is 0. The van der Waals surface area contributed by atoms with Gasteiger partial charge in [-0.05, 0) is 32.3 Å². The van der Waals surface area contributed by atoms with Gasteiger partial charge in [0.05, 0.1) is 24.9 Å². The summed E-state index contributed by atoms with van der Waals surface area (Å²) in [5, 5.41) is 19.6. The summed E-state index contributed by atoms with van der Waals surface area (Å²) in [5.74, 6) is 0. The van der Waals surface area contributed by atoms with Crippen LogP contribution in [0.1, 0.15) is 38.4 Å². The van der Waals surface area contributed by atoms with Gasteiger partial charge >= 0.3 is 0 Å². The van der Waals surface area contributed by atoms with Crippen molar-refractivity contribution in [3.63, 3.8) is 0 Å². The lowest BCUT2D eigenvalue weighted by Crippen LogP contribution is -2.19. The highest BCUT2D eigenvalue weighted by molar-refractivity contribution is 5.17. The van der Waals surface area contributed by atoms with Crippen LogP contribution < -0.4 is 0 Å². The van der Waals surface area contributed by atoms with E-state index in [2.05, 4.69) is 0 Å². The Labute approximate surface area is 103 Å². The molecule has 2 N–H and O–H groups in total. The summed E-state index contributed by atoms with van der Waals surface area (Å²) in [6, 6.07) is 9.50. The fraction of sp³-hybridized carbons (Fsp3) is 0.571. The van der Waals surface area contributed by atoms with Crippen molar-refractivity contribution < 1.29 is 14.9 Å². The maximum absolute atomic E-state index is 9.89. The second-order valence-corrected chi connectivity index (χ2v) is 4.54. The molecule has 0 heterocycles. The second-order valence-electron chi connectivity index (χ2n) is 4.54. The molecule has 3 heteroatoms. The first-order valence-corrected chi connectivity index (χ1v) is 6.12. The van der Waals surface area contributed by atoms with Gasteiger partial charge < -0.3 is 14.9 Å². The van der Waals surface area contributed by atoms with Gasteiger partial charge in [0.2, 0.25) is 0 Å². The van der Waals surface area contributed by atoms with E-state index in [-0.39, 0.29) is 6.10 Å². The minimum Gasteiger partial charge on any atom is -0.391 e. The van der Waals surface area contributed by atoms with Crippen LogP contribution in [0.4, 0.5) is 0 Å². The Bertz CT molecular complexity index is 298. The van der Waals surface area contributed by atoms with Crippen molar-refractivity contribution in [3.8, 4) is 0 Å². The van der Waals surface area contributed by atoms with Crippen LogP contribution in [0.15, 0.2) is 30.3 Å². The molecule has 0 aliphatic rings. The van der Waals surface area contributed by atoms with Crippen LogP contribution in [0.3, 0.4) is 0 Å². The van der Waals surface area contributed by atoms with Gasteiger partial charge in [-0.15, -0.1) is 0 Å². The molecular formula is C14H22O3. The van der Waals surface area contributed by atoms with E-state index in [9.17, 15) is 10.2 Å². The summed E-state index contributed by atoms with van der Waals surface area (Å²) in [6.45, 7) is 4.20. The fourth-order valence-electron chi connectivity index (χ4n) is 1.58. The summed E-state index contributed by atoms with van der Waals surface area (Å²) in [6.07, 6.45) is 0.208. The molecule has 96 valence electrons. The number of benzene rings is 1. The molecule has 0 saturated carbocycles. The number of rotatable bonds is 7. The van der Waals surface area contributed by atoms with Crippen molar-refractivity contribution in [1.82, 2.24) is 0 Å². The fourth-order valence-corrected chi connectivity index (χ4v) is 1.58. The Kier molecular flexibility index (Phi) is 6.19. The Balaban J connectivity index is 2.26. The van der Waals surface area contributed by atoms with E-state index in [0.29, 0.717) is 19.4 Å². The van der Waals surface area contributed by atoms with Gasteiger partial charge in [-0.25, -0.2) is 0 Å². The Morgan fingerprint density at radius 3 is 2.29 bits per heavy atom. The van der Waals surface area contributed by atoms with Crippen molar-refractivity contribution in [1.29, 1.82) is 0 Å².